The molecule has 0 saturated carbocycles. The number of hydrogen-bond acceptors (Lipinski definition) is 2. The number of rotatable bonds is 1. The molecule has 0 unspecified atom stereocenters. The summed E-state index contributed by atoms with van der Waals surface area (Å²) in [6.45, 7) is 1.54. The van der Waals surface area contributed by atoms with Crippen LogP contribution >= 0.6 is 11.6 Å². The van der Waals surface area contributed by atoms with Crippen molar-refractivity contribution >= 4 is 11.6 Å². The van der Waals surface area contributed by atoms with Gasteiger partial charge in [0.25, 0.3) is 0 Å². The summed E-state index contributed by atoms with van der Waals surface area (Å²) in [7, 11) is 0. The molecule has 0 radical (unpaired) electrons. The number of nitrogens with one attached hydrogen (secondary N) is 1. The van der Waals surface area contributed by atoms with Gasteiger partial charge >= 0.3 is 0 Å². The minimum Gasteiger partial charge on any atom is -0.505 e. The molecule has 2 N–H and O–H groups in total. The number of aromatic hydroxyl groups is 1. The van der Waals surface area contributed by atoms with Crippen LogP contribution in [0.5, 0.6) is 5.75 Å². The minimum atomic E-state index is -0.644. The molecule has 1 fully saturated rings. The molecule has 1 aromatic carbocycles. The van der Waals surface area contributed by atoms with E-state index in [2.05, 4.69) is 5.32 Å². The van der Waals surface area contributed by atoms with Gasteiger partial charge < -0.3 is 10.4 Å². The fraction of sp³-hybridized carbons (Fsp3) is 0.333. The van der Waals surface area contributed by atoms with Crippen LogP contribution in [-0.4, -0.2) is 18.2 Å². The Balaban J connectivity index is 2.42. The maximum Gasteiger partial charge on any atom is 0.166 e. The highest BCUT2D eigenvalue weighted by Gasteiger charge is 2.23. The van der Waals surface area contributed by atoms with Gasteiger partial charge in [-0.3, -0.25) is 0 Å². The van der Waals surface area contributed by atoms with Gasteiger partial charge in [-0.15, -0.1) is 0 Å². The summed E-state index contributed by atoms with van der Waals surface area (Å²) in [4.78, 5) is 0. The van der Waals surface area contributed by atoms with Gasteiger partial charge in [0.15, 0.2) is 11.6 Å². The van der Waals surface area contributed by atoms with Gasteiger partial charge in [-0.05, 0) is 12.1 Å². The molecule has 1 heterocycles. The highest BCUT2D eigenvalue weighted by atomic mass is 35.5. The number of benzene rings is 1. The van der Waals surface area contributed by atoms with Gasteiger partial charge in [-0.25, -0.2) is 4.39 Å². The molecule has 1 aromatic rings. The van der Waals surface area contributed by atoms with Crippen molar-refractivity contribution in [2.75, 3.05) is 13.1 Å². The first-order valence-electron chi connectivity index (χ1n) is 4.07. The molecular formula is C9H9ClFNO. The van der Waals surface area contributed by atoms with Gasteiger partial charge in [-0.2, -0.15) is 0 Å². The van der Waals surface area contributed by atoms with Crippen molar-refractivity contribution in [2.45, 2.75) is 5.92 Å². The van der Waals surface area contributed by atoms with E-state index in [9.17, 15) is 9.50 Å². The average molecular weight is 202 g/mol. The van der Waals surface area contributed by atoms with Crippen LogP contribution < -0.4 is 5.32 Å². The van der Waals surface area contributed by atoms with Crippen LogP contribution in [0.25, 0.3) is 0 Å². The van der Waals surface area contributed by atoms with Crippen LogP contribution in [0.2, 0.25) is 5.02 Å². The van der Waals surface area contributed by atoms with E-state index in [0.29, 0.717) is 10.6 Å². The first kappa shape index (κ1) is 8.78. The number of hydrogen-bond donors (Lipinski definition) is 2. The van der Waals surface area contributed by atoms with Gasteiger partial charge in [-0.1, -0.05) is 11.6 Å². The zero-order chi connectivity index (χ0) is 9.42. The van der Waals surface area contributed by atoms with Crippen LogP contribution in [0.4, 0.5) is 4.39 Å². The minimum absolute atomic E-state index is 0.188. The van der Waals surface area contributed by atoms with E-state index >= 15 is 0 Å². The van der Waals surface area contributed by atoms with E-state index in [1.807, 2.05) is 0 Å². The second-order valence-electron chi connectivity index (χ2n) is 3.18. The lowest BCUT2D eigenvalue weighted by Crippen LogP contribution is -2.39. The van der Waals surface area contributed by atoms with Crippen LogP contribution in [0.3, 0.4) is 0 Å². The summed E-state index contributed by atoms with van der Waals surface area (Å²) in [5.41, 5.74) is 0.601. The van der Waals surface area contributed by atoms with Crippen molar-refractivity contribution in [3.8, 4) is 5.75 Å². The molecule has 0 aliphatic carbocycles. The van der Waals surface area contributed by atoms with Crippen LogP contribution in [0.15, 0.2) is 12.1 Å². The molecule has 4 heteroatoms. The third-order valence-electron chi connectivity index (χ3n) is 2.28. The molecule has 0 bridgehead atoms. The Bertz CT molecular complexity index is 339. The van der Waals surface area contributed by atoms with E-state index in [0.717, 1.165) is 19.2 Å². The zero-order valence-electron chi connectivity index (χ0n) is 6.85. The molecule has 0 spiro atoms. The summed E-state index contributed by atoms with van der Waals surface area (Å²) in [5, 5.41) is 12.8. The standard InChI is InChI=1S/C9H9ClFNO/c10-6-1-7(5-3-12-4-5)9(13)8(11)2-6/h1-2,5,12-13H,3-4H2. The SMILES string of the molecule is Oc1c(F)cc(Cl)cc1C1CNC1. The number of halogens is 2. The second-order valence-corrected chi connectivity index (χ2v) is 3.62. The first-order valence-corrected chi connectivity index (χ1v) is 4.45. The van der Waals surface area contributed by atoms with E-state index in [1.54, 1.807) is 6.07 Å². The van der Waals surface area contributed by atoms with Gasteiger partial charge in [0.1, 0.15) is 0 Å². The lowest BCUT2D eigenvalue weighted by Gasteiger charge is -2.28. The number of phenolic OH excluding ortho intramolecular Hbond substituents is 1. The van der Waals surface area contributed by atoms with Crippen LogP contribution in [0.1, 0.15) is 11.5 Å². The van der Waals surface area contributed by atoms with E-state index in [1.165, 1.54) is 0 Å². The van der Waals surface area contributed by atoms with E-state index in [4.69, 9.17) is 11.6 Å². The van der Waals surface area contributed by atoms with Gasteiger partial charge in [0.2, 0.25) is 0 Å². The Morgan fingerprint density at radius 2 is 2.15 bits per heavy atom. The van der Waals surface area contributed by atoms with Crippen molar-refractivity contribution in [2.24, 2.45) is 0 Å². The molecule has 2 nitrogen and oxygen atoms in total. The Morgan fingerprint density at radius 1 is 1.46 bits per heavy atom. The monoisotopic (exact) mass is 201 g/mol. The molecule has 2 rings (SSSR count). The number of phenols is 1. The molecular weight excluding hydrogens is 193 g/mol. The predicted molar refractivity (Wildman–Crippen MR) is 48.7 cm³/mol. The highest BCUT2D eigenvalue weighted by molar-refractivity contribution is 6.30. The third kappa shape index (κ3) is 1.49. The molecule has 70 valence electrons. The second kappa shape index (κ2) is 3.16. The van der Waals surface area contributed by atoms with Gasteiger partial charge in [0, 0.05) is 29.6 Å². The fourth-order valence-electron chi connectivity index (χ4n) is 1.41. The Morgan fingerprint density at radius 3 is 2.69 bits per heavy atom. The Kier molecular flexibility index (Phi) is 2.14. The summed E-state index contributed by atoms with van der Waals surface area (Å²) < 4.78 is 13.0. The van der Waals surface area contributed by atoms with E-state index in [-0.39, 0.29) is 11.7 Å². The molecule has 1 saturated heterocycles. The average Bonchev–Trinajstić information content (AvgIpc) is 1.95. The van der Waals surface area contributed by atoms with Crippen molar-refractivity contribution in [3.05, 3.63) is 28.5 Å². The smallest absolute Gasteiger partial charge is 0.166 e. The molecule has 13 heavy (non-hydrogen) atoms. The Hall–Kier alpha value is -0.800. The summed E-state index contributed by atoms with van der Waals surface area (Å²) in [5.74, 6) is -0.724. The summed E-state index contributed by atoms with van der Waals surface area (Å²) in [6.07, 6.45) is 0. The molecule has 0 atom stereocenters. The quantitative estimate of drug-likeness (QED) is 0.727. The van der Waals surface area contributed by atoms with Crippen molar-refractivity contribution < 1.29 is 9.50 Å². The maximum atomic E-state index is 13.0. The van der Waals surface area contributed by atoms with Crippen molar-refractivity contribution in [3.63, 3.8) is 0 Å². The normalized spacial score (nSPS) is 17.1. The maximum absolute atomic E-state index is 13.0. The largest absolute Gasteiger partial charge is 0.505 e. The van der Waals surface area contributed by atoms with E-state index < -0.39 is 5.82 Å². The fourth-order valence-corrected chi connectivity index (χ4v) is 1.62. The summed E-state index contributed by atoms with van der Waals surface area (Å²) in [6, 6.07) is 2.73. The van der Waals surface area contributed by atoms with Crippen LogP contribution in [0, 0.1) is 5.82 Å². The predicted octanol–water partition coefficient (Wildman–Crippen LogP) is 1.87. The van der Waals surface area contributed by atoms with Crippen molar-refractivity contribution in [1.82, 2.24) is 5.32 Å². The molecule has 1 aliphatic rings. The lowest BCUT2D eigenvalue weighted by molar-refractivity contribution is 0.392. The zero-order valence-corrected chi connectivity index (χ0v) is 7.61. The molecule has 0 aromatic heterocycles. The highest BCUT2D eigenvalue weighted by Crippen LogP contribution is 2.33. The molecule has 0 amide bonds. The summed E-state index contributed by atoms with van der Waals surface area (Å²) >= 11 is 5.68. The first-order chi connectivity index (χ1) is 6.18. The molecule has 1 aliphatic heterocycles. The topological polar surface area (TPSA) is 32.3 Å². The van der Waals surface area contributed by atoms with Crippen molar-refractivity contribution in [1.29, 1.82) is 0 Å². The lowest BCUT2D eigenvalue weighted by atomic mass is 9.93. The van der Waals surface area contributed by atoms with Crippen LogP contribution in [-0.2, 0) is 0 Å². The van der Waals surface area contributed by atoms with Gasteiger partial charge in [0.05, 0.1) is 0 Å². The third-order valence-corrected chi connectivity index (χ3v) is 2.50. The Labute approximate surface area is 80.3 Å².